The summed E-state index contributed by atoms with van der Waals surface area (Å²) in [5.41, 5.74) is 1.42. The first kappa shape index (κ1) is 17.0. The van der Waals surface area contributed by atoms with E-state index in [1.807, 2.05) is 30.3 Å². The van der Waals surface area contributed by atoms with E-state index in [9.17, 15) is 9.59 Å². The molecule has 7 heteroatoms. The van der Waals surface area contributed by atoms with Gasteiger partial charge in [0.15, 0.2) is 0 Å². The smallest absolute Gasteiger partial charge is 0.407 e. The molecular formula is C16H15BrN2O4. The number of aromatic nitrogens is 1. The maximum atomic E-state index is 11.9. The van der Waals surface area contributed by atoms with E-state index in [0.717, 1.165) is 5.56 Å². The minimum absolute atomic E-state index is 0.112. The van der Waals surface area contributed by atoms with Crippen LogP contribution in [-0.4, -0.2) is 22.2 Å². The molecule has 2 rings (SSSR count). The largest absolute Gasteiger partial charge is 0.481 e. The third-order valence-electron chi connectivity index (χ3n) is 3.05. The molecule has 0 aliphatic carbocycles. The average Bonchev–Trinajstić information content (AvgIpc) is 2.53. The first-order valence-electron chi connectivity index (χ1n) is 6.85. The fourth-order valence-electron chi connectivity index (χ4n) is 1.98. The van der Waals surface area contributed by atoms with Crippen LogP contribution in [-0.2, 0) is 16.1 Å². The zero-order valence-electron chi connectivity index (χ0n) is 12.1. The molecule has 2 aromatic rings. The highest BCUT2D eigenvalue weighted by atomic mass is 79.9. The molecule has 0 bridgehead atoms. The molecule has 1 atom stereocenters. The van der Waals surface area contributed by atoms with Gasteiger partial charge in [0.2, 0.25) is 0 Å². The SMILES string of the molecule is O=C(O)C[C@H](NC(=O)OCc1ccccc1)c1cccnc1Br. The van der Waals surface area contributed by atoms with Gasteiger partial charge in [0.05, 0.1) is 12.5 Å². The molecule has 0 aliphatic heterocycles. The molecule has 120 valence electrons. The van der Waals surface area contributed by atoms with E-state index in [1.165, 1.54) is 0 Å². The van der Waals surface area contributed by atoms with Gasteiger partial charge in [0, 0.05) is 11.8 Å². The highest BCUT2D eigenvalue weighted by Gasteiger charge is 2.21. The third kappa shape index (κ3) is 5.37. The summed E-state index contributed by atoms with van der Waals surface area (Å²) in [6.45, 7) is 0.112. The lowest BCUT2D eigenvalue weighted by molar-refractivity contribution is -0.137. The predicted molar refractivity (Wildman–Crippen MR) is 86.7 cm³/mol. The molecule has 23 heavy (non-hydrogen) atoms. The first-order chi connectivity index (χ1) is 11.1. The number of alkyl carbamates (subject to hydrolysis) is 1. The molecule has 1 aromatic carbocycles. The van der Waals surface area contributed by atoms with Gasteiger partial charge in [-0.15, -0.1) is 0 Å². The number of carbonyl (C=O) groups excluding carboxylic acids is 1. The van der Waals surface area contributed by atoms with Gasteiger partial charge in [-0.2, -0.15) is 0 Å². The summed E-state index contributed by atoms with van der Waals surface area (Å²) in [6, 6.07) is 11.9. The van der Waals surface area contributed by atoms with Crippen LogP contribution in [0.5, 0.6) is 0 Å². The van der Waals surface area contributed by atoms with Crippen molar-refractivity contribution in [2.75, 3.05) is 0 Å². The van der Waals surface area contributed by atoms with Crippen LogP contribution in [0.25, 0.3) is 0 Å². The second-order valence-electron chi connectivity index (χ2n) is 4.74. The van der Waals surface area contributed by atoms with E-state index in [0.29, 0.717) is 10.2 Å². The van der Waals surface area contributed by atoms with E-state index >= 15 is 0 Å². The number of amides is 1. The van der Waals surface area contributed by atoms with Crippen LogP contribution in [0.1, 0.15) is 23.6 Å². The van der Waals surface area contributed by atoms with Gasteiger partial charge in [0.25, 0.3) is 0 Å². The molecule has 0 radical (unpaired) electrons. The number of hydrogen-bond acceptors (Lipinski definition) is 4. The summed E-state index contributed by atoms with van der Waals surface area (Å²) >= 11 is 3.26. The fraction of sp³-hybridized carbons (Fsp3) is 0.188. The van der Waals surface area contributed by atoms with Gasteiger partial charge in [-0.3, -0.25) is 4.79 Å². The standard InChI is InChI=1S/C16H15BrN2O4/c17-15-12(7-4-8-18-15)13(9-14(20)21)19-16(22)23-10-11-5-2-1-3-6-11/h1-8,13H,9-10H2,(H,19,22)(H,20,21)/t13-/m0/s1. The highest BCUT2D eigenvalue weighted by Crippen LogP contribution is 2.23. The molecule has 0 aliphatic rings. The second kappa shape index (κ2) is 8.28. The number of nitrogens with one attached hydrogen (secondary N) is 1. The molecule has 0 saturated heterocycles. The molecule has 6 nitrogen and oxygen atoms in total. The summed E-state index contributed by atoms with van der Waals surface area (Å²) in [5.74, 6) is -1.03. The zero-order chi connectivity index (χ0) is 16.7. The van der Waals surface area contributed by atoms with Crippen molar-refractivity contribution in [3.05, 3.63) is 64.4 Å². The van der Waals surface area contributed by atoms with E-state index < -0.39 is 18.1 Å². The summed E-state index contributed by atoms with van der Waals surface area (Å²) in [6.07, 6.45) is 0.611. The van der Waals surface area contributed by atoms with Crippen molar-refractivity contribution in [1.82, 2.24) is 10.3 Å². The van der Waals surface area contributed by atoms with Gasteiger partial charge in [-0.1, -0.05) is 36.4 Å². The number of benzene rings is 1. The summed E-state index contributed by atoms with van der Waals surface area (Å²) in [7, 11) is 0. The Morgan fingerprint density at radius 1 is 1.22 bits per heavy atom. The Bertz CT molecular complexity index is 679. The number of aliphatic carboxylic acids is 1. The van der Waals surface area contributed by atoms with Crippen molar-refractivity contribution in [3.8, 4) is 0 Å². The number of rotatable bonds is 6. The summed E-state index contributed by atoms with van der Waals surface area (Å²) in [4.78, 5) is 27.0. The quantitative estimate of drug-likeness (QED) is 0.752. The number of pyridine rings is 1. The topological polar surface area (TPSA) is 88.5 Å². The Morgan fingerprint density at radius 2 is 1.96 bits per heavy atom. The van der Waals surface area contributed by atoms with Crippen LogP contribution >= 0.6 is 15.9 Å². The summed E-state index contributed by atoms with van der Waals surface area (Å²) < 4.78 is 5.60. The van der Waals surface area contributed by atoms with Crippen LogP contribution in [0, 0.1) is 0 Å². The number of ether oxygens (including phenoxy) is 1. The van der Waals surface area contributed by atoms with Gasteiger partial charge in [-0.05, 0) is 27.6 Å². The monoisotopic (exact) mass is 378 g/mol. The Morgan fingerprint density at radius 3 is 2.61 bits per heavy atom. The maximum Gasteiger partial charge on any atom is 0.407 e. The lowest BCUT2D eigenvalue weighted by Crippen LogP contribution is -2.31. The van der Waals surface area contributed by atoms with Gasteiger partial charge >= 0.3 is 12.1 Å². The summed E-state index contributed by atoms with van der Waals surface area (Å²) in [5, 5.41) is 11.6. The lowest BCUT2D eigenvalue weighted by Gasteiger charge is -2.18. The predicted octanol–water partition coefficient (Wildman–Crippen LogP) is 3.29. The van der Waals surface area contributed by atoms with E-state index in [-0.39, 0.29) is 13.0 Å². The third-order valence-corrected chi connectivity index (χ3v) is 3.71. The normalized spacial score (nSPS) is 11.5. The number of carbonyl (C=O) groups is 2. The van der Waals surface area contributed by atoms with Crippen molar-refractivity contribution in [2.24, 2.45) is 0 Å². The number of hydrogen-bond donors (Lipinski definition) is 2. The van der Waals surface area contributed by atoms with Crippen LogP contribution in [0.4, 0.5) is 4.79 Å². The van der Waals surface area contributed by atoms with E-state index in [4.69, 9.17) is 9.84 Å². The van der Waals surface area contributed by atoms with Crippen LogP contribution in [0.2, 0.25) is 0 Å². The number of halogens is 1. The van der Waals surface area contributed by atoms with Gasteiger partial charge in [0.1, 0.15) is 11.2 Å². The molecule has 1 aromatic heterocycles. The van der Waals surface area contributed by atoms with Crippen LogP contribution in [0.15, 0.2) is 53.3 Å². The van der Waals surface area contributed by atoms with Crippen molar-refractivity contribution in [2.45, 2.75) is 19.1 Å². The molecule has 1 amide bonds. The molecule has 0 saturated carbocycles. The lowest BCUT2D eigenvalue weighted by atomic mass is 10.1. The Labute approximate surface area is 141 Å². The average molecular weight is 379 g/mol. The van der Waals surface area contributed by atoms with E-state index in [1.54, 1.807) is 18.3 Å². The van der Waals surface area contributed by atoms with Crippen molar-refractivity contribution < 1.29 is 19.4 Å². The second-order valence-corrected chi connectivity index (χ2v) is 5.49. The molecule has 0 fully saturated rings. The Balaban J connectivity index is 2.01. The molecular weight excluding hydrogens is 364 g/mol. The van der Waals surface area contributed by atoms with Crippen LogP contribution < -0.4 is 5.32 Å². The van der Waals surface area contributed by atoms with Crippen molar-refractivity contribution in [1.29, 1.82) is 0 Å². The minimum Gasteiger partial charge on any atom is -0.481 e. The number of carboxylic acid groups (broad SMARTS) is 1. The number of carboxylic acids is 1. The van der Waals surface area contributed by atoms with E-state index in [2.05, 4.69) is 26.2 Å². The van der Waals surface area contributed by atoms with Gasteiger partial charge in [-0.25, -0.2) is 9.78 Å². The van der Waals surface area contributed by atoms with Gasteiger partial charge < -0.3 is 15.2 Å². The zero-order valence-corrected chi connectivity index (χ0v) is 13.7. The first-order valence-corrected chi connectivity index (χ1v) is 7.65. The molecule has 0 spiro atoms. The van der Waals surface area contributed by atoms with Crippen LogP contribution in [0.3, 0.4) is 0 Å². The minimum atomic E-state index is -1.03. The number of nitrogens with zero attached hydrogens (tertiary/aromatic N) is 1. The van der Waals surface area contributed by atoms with Crippen molar-refractivity contribution >= 4 is 28.0 Å². The fourth-order valence-corrected chi connectivity index (χ4v) is 2.51. The Hall–Kier alpha value is -2.41. The Kier molecular flexibility index (Phi) is 6.10. The maximum absolute atomic E-state index is 11.9. The molecule has 1 heterocycles. The molecule has 0 unspecified atom stereocenters. The molecule has 2 N–H and O–H groups in total. The van der Waals surface area contributed by atoms with Crippen molar-refractivity contribution in [3.63, 3.8) is 0 Å². The highest BCUT2D eigenvalue weighted by molar-refractivity contribution is 9.10.